The van der Waals surface area contributed by atoms with Crippen LogP contribution >= 0.6 is 11.3 Å². The van der Waals surface area contributed by atoms with Gasteiger partial charge in [0, 0.05) is 10.4 Å². The Labute approximate surface area is 249 Å². The fourth-order valence-corrected chi connectivity index (χ4v) is 6.11. The molecule has 0 aliphatic rings. The molecule has 0 saturated carbocycles. The van der Waals surface area contributed by atoms with Crippen LogP contribution in [0, 0.1) is 0 Å². The van der Waals surface area contributed by atoms with Crippen LogP contribution in [0.15, 0.2) is 93.0 Å². The molecule has 0 amide bonds. The van der Waals surface area contributed by atoms with Crippen LogP contribution in [-0.2, 0) is 19.5 Å². The van der Waals surface area contributed by atoms with E-state index in [1.807, 2.05) is 55.5 Å². The van der Waals surface area contributed by atoms with Gasteiger partial charge in [0.2, 0.25) is 0 Å². The summed E-state index contributed by atoms with van der Waals surface area (Å²) in [6, 6.07) is 23.5. The van der Waals surface area contributed by atoms with Crippen LogP contribution in [0.3, 0.4) is 0 Å². The Kier molecular flexibility index (Phi) is 7.47. The topological polar surface area (TPSA) is 132 Å². The van der Waals surface area contributed by atoms with Gasteiger partial charge < -0.3 is 14.4 Å². The molecule has 6 rings (SSSR count). The molecule has 0 fully saturated rings. The minimum atomic E-state index is -0.761. The number of methoxy groups -OCH3 is 1. The van der Waals surface area contributed by atoms with Crippen LogP contribution in [0.25, 0.3) is 32.7 Å². The molecule has 43 heavy (non-hydrogen) atoms. The van der Waals surface area contributed by atoms with Crippen molar-refractivity contribution in [3.63, 3.8) is 0 Å². The molecule has 0 spiro atoms. The van der Waals surface area contributed by atoms with Gasteiger partial charge in [-0.1, -0.05) is 67.6 Å². The predicted molar refractivity (Wildman–Crippen MR) is 161 cm³/mol. The van der Waals surface area contributed by atoms with E-state index in [1.54, 1.807) is 34.9 Å². The number of aryl methyl sites for hydroxylation is 1. The van der Waals surface area contributed by atoms with E-state index in [0.717, 1.165) is 26.1 Å². The van der Waals surface area contributed by atoms with Gasteiger partial charge in [0.05, 0.1) is 31.1 Å². The number of hydrogen-bond acceptors (Lipinski definition) is 9. The first-order valence-electron chi connectivity index (χ1n) is 13.5. The second-order valence-corrected chi connectivity index (χ2v) is 10.9. The number of nitrogens with zero attached hydrogens (tertiary/aromatic N) is 4. The van der Waals surface area contributed by atoms with E-state index in [1.165, 1.54) is 18.4 Å². The predicted octanol–water partition coefficient (Wildman–Crippen LogP) is 4.52. The first kappa shape index (κ1) is 27.9. The van der Waals surface area contributed by atoms with Gasteiger partial charge in [-0.25, -0.2) is 9.78 Å². The van der Waals surface area contributed by atoms with Crippen LogP contribution in [0.4, 0.5) is 0 Å². The zero-order valence-corrected chi connectivity index (χ0v) is 24.1. The fraction of sp³-hybridized carbons (Fsp3) is 0.156. The highest BCUT2D eigenvalue weighted by Gasteiger charge is 2.20. The Morgan fingerprint density at radius 2 is 1.70 bits per heavy atom. The maximum atomic E-state index is 13.8. The molecular formula is C32H25N4O6S-. The molecule has 0 saturated heterocycles. The molecule has 0 aliphatic heterocycles. The molecule has 3 heterocycles. The number of para-hydroxylation sites is 1. The molecule has 0 aliphatic carbocycles. The highest BCUT2D eigenvalue weighted by molar-refractivity contribution is 7.18. The quantitative estimate of drug-likeness (QED) is 0.224. The Morgan fingerprint density at radius 1 is 0.977 bits per heavy atom. The van der Waals surface area contributed by atoms with Crippen LogP contribution in [0.2, 0.25) is 0 Å². The largest absolute Gasteiger partial charge is 0.528 e. The summed E-state index contributed by atoms with van der Waals surface area (Å²) in [6.07, 6.45) is -0.0576. The molecule has 0 unspecified atom stereocenters. The third-order valence-corrected chi connectivity index (χ3v) is 8.49. The summed E-state index contributed by atoms with van der Waals surface area (Å²) in [4.78, 5) is 45.9. The van der Waals surface area contributed by atoms with Crippen molar-refractivity contribution in [2.45, 2.75) is 26.4 Å². The van der Waals surface area contributed by atoms with Gasteiger partial charge in [-0.3, -0.25) is 18.7 Å². The van der Waals surface area contributed by atoms with Gasteiger partial charge >= 0.3 is 5.69 Å². The number of thiophene rings is 1. The first-order chi connectivity index (χ1) is 20.9. The molecule has 10 nitrogen and oxygen atoms in total. The molecule has 0 N–H and O–H groups in total. The molecule has 0 bridgehead atoms. The number of carbonyl (C=O) groups excluding carboxylic acids is 1. The number of Topliss-reactive ketones (excluding diaryl/α,β-unsaturated/α-hetero) is 1. The molecule has 216 valence electrons. The smallest absolute Gasteiger partial charge is 0.332 e. The summed E-state index contributed by atoms with van der Waals surface area (Å²) >= 11 is 1.40. The van der Waals surface area contributed by atoms with Crippen molar-refractivity contribution < 1.29 is 19.2 Å². The van der Waals surface area contributed by atoms with Crippen LogP contribution < -0.4 is 21.1 Å². The van der Waals surface area contributed by atoms with Crippen LogP contribution in [0.5, 0.6) is 11.8 Å². The maximum absolute atomic E-state index is 13.8. The zero-order chi connectivity index (χ0) is 30.1. The highest BCUT2D eigenvalue weighted by atomic mass is 32.1. The summed E-state index contributed by atoms with van der Waals surface area (Å²) in [5, 5.41) is 15.6. The second kappa shape index (κ2) is 11.5. The molecule has 0 radical (unpaired) electrons. The number of fused-ring (bicyclic) bond motifs is 1. The van der Waals surface area contributed by atoms with Crippen molar-refractivity contribution in [1.29, 1.82) is 0 Å². The van der Waals surface area contributed by atoms with Crippen molar-refractivity contribution in [2.24, 2.45) is 0 Å². The van der Waals surface area contributed by atoms with Gasteiger partial charge in [-0.2, -0.15) is 5.16 Å². The zero-order valence-electron chi connectivity index (χ0n) is 23.3. The number of aromatic nitrogens is 4. The lowest BCUT2D eigenvalue weighted by molar-refractivity contribution is -0.303. The third-order valence-electron chi connectivity index (χ3n) is 7.18. The third kappa shape index (κ3) is 5.26. The average Bonchev–Trinajstić information content (AvgIpc) is 3.68. The Morgan fingerprint density at radius 3 is 2.40 bits per heavy atom. The van der Waals surface area contributed by atoms with Gasteiger partial charge in [-0.05, 0) is 41.3 Å². The summed E-state index contributed by atoms with van der Waals surface area (Å²) < 4.78 is 12.5. The summed E-state index contributed by atoms with van der Waals surface area (Å²) in [5.41, 5.74) is 2.37. The first-order valence-corrected chi connectivity index (χ1v) is 14.3. The van der Waals surface area contributed by atoms with E-state index in [2.05, 4.69) is 14.7 Å². The standard InChI is InChI=1S/C32H26N4O6S/c1-3-21-16-25-29(38)35(18-26(37)24-10-6-7-11-27(24)41-2)32(40)36(30(25)43-21)17-19-12-14-20(15-13-19)22-8-4-5-9-23(22)28-33-31(39)42-34-28/h4-16H,3,17-18H2,1-2H3,(H,33,34,39)/p-1. The van der Waals surface area contributed by atoms with Crippen molar-refractivity contribution in [3.8, 4) is 34.3 Å². The van der Waals surface area contributed by atoms with Gasteiger partial charge in [-0.15, -0.1) is 11.3 Å². The van der Waals surface area contributed by atoms with E-state index < -0.39 is 29.7 Å². The van der Waals surface area contributed by atoms with Crippen LogP contribution in [0.1, 0.15) is 27.7 Å². The minimum absolute atomic E-state index is 0.189. The van der Waals surface area contributed by atoms with E-state index >= 15 is 0 Å². The molecule has 6 aromatic rings. The van der Waals surface area contributed by atoms with Gasteiger partial charge in [0.1, 0.15) is 10.6 Å². The van der Waals surface area contributed by atoms with E-state index in [4.69, 9.17) is 4.74 Å². The van der Waals surface area contributed by atoms with E-state index in [-0.39, 0.29) is 12.4 Å². The van der Waals surface area contributed by atoms with E-state index in [0.29, 0.717) is 33.5 Å². The van der Waals surface area contributed by atoms with Crippen LogP contribution in [-0.4, -0.2) is 32.2 Å². The SMILES string of the molecule is CCc1cc2c(=O)n(CC(=O)c3ccccc3OC)c(=O)n(Cc3ccc(-c4ccccc4-c4noc([O-])n4)cc3)c2s1. The number of hydrogen-bond donors (Lipinski definition) is 0. The Hall–Kier alpha value is -5.29. The lowest BCUT2D eigenvalue weighted by Gasteiger charge is -2.13. The monoisotopic (exact) mass is 593 g/mol. The van der Waals surface area contributed by atoms with Crippen molar-refractivity contribution >= 4 is 27.3 Å². The number of rotatable bonds is 9. The minimum Gasteiger partial charge on any atom is -0.528 e. The normalized spacial score (nSPS) is 11.2. The molecule has 11 heteroatoms. The number of ether oxygens (including phenoxy) is 1. The maximum Gasteiger partial charge on any atom is 0.332 e. The Balaban J connectivity index is 1.38. The number of ketones is 1. The van der Waals surface area contributed by atoms with Crippen molar-refractivity contribution in [3.05, 3.63) is 116 Å². The van der Waals surface area contributed by atoms with E-state index in [9.17, 15) is 19.5 Å². The van der Waals surface area contributed by atoms with Gasteiger partial charge in [0.15, 0.2) is 17.7 Å². The molecule has 0 atom stereocenters. The Bertz CT molecular complexity index is 2090. The fourth-order valence-electron chi connectivity index (χ4n) is 5.03. The number of carbonyl (C=O) groups is 1. The average molecular weight is 594 g/mol. The summed E-state index contributed by atoms with van der Waals surface area (Å²) in [6.45, 7) is 1.76. The molecular weight excluding hydrogens is 568 g/mol. The lowest BCUT2D eigenvalue weighted by atomic mass is 9.98. The number of benzene rings is 3. The van der Waals surface area contributed by atoms with Gasteiger partial charge in [0.25, 0.3) is 5.56 Å². The highest BCUT2D eigenvalue weighted by Crippen LogP contribution is 2.31. The molecule has 3 aromatic carbocycles. The summed E-state index contributed by atoms with van der Waals surface area (Å²) in [7, 11) is 1.46. The van der Waals surface area contributed by atoms with Crippen molar-refractivity contribution in [1.82, 2.24) is 19.3 Å². The van der Waals surface area contributed by atoms with Crippen molar-refractivity contribution in [2.75, 3.05) is 7.11 Å². The molecule has 3 aromatic heterocycles. The lowest BCUT2D eigenvalue weighted by Crippen LogP contribution is -2.41. The summed E-state index contributed by atoms with van der Waals surface area (Å²) in [5.74, 6) is 0.176. The second-order valence-electron chi connectivity index (χ2n) is 9.79.